The van der Waals surface area contributed by atoms with Crippen LogP contribution in [-0.4, -0.2) is 31.8 Å². The number of halogens is 3. The van der Waals surface area contributed by atoms with Crippen molar-refractivity contribution in [1.29, 1.82) is 0 Å². The molecule has 0 radical (unpaired) electrons. The van der Waals surface area contributed by atoms with Crippen LogP contribution in [0.1, 0.15) is 22.8 Å². The molecule has 26 heavy (non-hydrogen) atoms. The largest absolute Gasteiger partial charge is 0.274 e. The van der Waals surface area contributed by atoms with Gasteiger partial charge in [0.1, 0.15) is 6.33 Å². The lowest BCUT2D eigenvalue weighted by atomic mass is 10.1. The summed E-state index contributed by atoms with van der Waals surface area (Å²) in [5, 5.41) is 15.7. The minimum Gasteiger partial charge on any atom is -0.267 e. The second-order valence-corrected chi connectivity index (χ2v) is 6.43. The van der Waals surface area contributed by atoms with Crippen LogP contribution in [0.15, 0.2) is 47.8 Å². The third-order valence-corrected chi connectivity index (χ3v) is 4.27. The van der Waals surface area contributed by atoms with Gasteiger partial charge in [0.05, 0.1) is 27.0 Å². The van der Waals surface area contributed by atoms with E-state index in [9.17, 15) is 4.79 Å². The molecule has 0 aliphatic rings. The van der Waals surface area contributed by atoms with Crippen molar-refractivity contribution < 1.29 is 4.79 Å². The lowest BCUT2D eigenvalue weighted by Gasteiger charge is -2.07. The number of tetrazole rings is 1. The third-order valence-electron chi connectivity index (χ3n) is 3.46. The molecule has 1 heterocycles. The normalized spacial score (nSPS) is 11.5. The topological polar surface area (TPSA) is 85.1 Å². The Morgan fingerprint density at radius 1 is 1.12 bits per heavy atom. The number of nitrogens with one attached hydrogen (secondary N) is 1. The zero-order chi connectivity index (χ0) is 18.7. The second kappa shape index (κ2) is 7.82. The summed E-state index contributed by atoms with van der Waals surface area (Å²) in [5.41, 5.74) is 4.77. The standard InChI is InChI=1S/C16H11Cl3N6O/c1-9(10-2-4-12(5-3-10)25-8-20-23-24-25)21-22-16(26)15-13(18)6-11(17)7-14(15)19/h2-8H,1H3,(H,22,26). The molecule has 1 N–H and O–H groups in total. The molecule has 0 fully saturated rings. The maximum atomic E-state index is 12.3. The van der Waals surface area contributed by atoms with Crippen LogP contribution in [0.4, 0.5) is 0 Å². The zero-order valence-corrected chi connectivity index (χ0v) is 15.6. The first kappa shape index (κ1) is 18.3. The average molecular weight is 410 g/mol. The van der Waals surface area contributed by atoms with Gasteiger partial charge in [-0.25, -0.2) is 10.1 Å². The number of aromatic nitrogens is 4. The van der Waals surface area contributed by atoms with E-state index < -0.39 is 5.91 Å². The van der Waals surface area contributed by atoms with Crippen molar-refractivity contribution in [3.05, 3.63) is 68.9 Å². The summed E-state index contributed by atoms with van der Waals surface area (Å²) in [6, 6.07) is 10.2. The van der Waals surface area contributed by atoms with E-state index in [1.165, 1.54) is 23.1 Å². The van der Waals surface area contributed by atoms with Gasteiger partial charge in [0.15, 0.2) is 0 Å². The summed E-state index contributed by atoms with van der Waals surface area (Å²) in [6.07, 6.45) is 1.50. The highest BCUT2D eigenvalue weighted by Gasteiger charge is 2.15. The number of hydrogen-bond donors (Lipinski definition) is 1. The molecule has 0 unspecified atom stereocenters. The number of nitrogens with zero attached hydrogens (tertiary/aromatic N) is 5. The van der Waals surface area contributed by atoms with Gasteiger partial charge in [-0.05, 0) is 47.2 Å². The van der Waals surface area contributed by atoms with E-state index in [-0.39, 0.29) is 15.6 Å². The molecule has 3 aromatic rings. The minimum atomic E-state index is -0.527. The summed E-state index contributed by atoms with van der Waals surface area (Å²) in [4.78, 5) is 12.3. The van der Waals surface area contributed by atoms with Crippen molar-refractivity contribution in [1.82, 2.24) is 25.6 Å². The summed E-state index contributed by atoms with van der Waals surface area (Å²) < 4.78 is 1.53. The lowest BCUT2D eigenvalue weighted by Crippen LogP contribution is -2.20. The van der Waals surface area contributed by atoms with Gasteiger partial charge in [-0.2, -0.15) is 5.10 Å². The zero-order valence-electron chi connectivity index (χ0n) is 13.3. The predicted octanol–water partition coefficient (Wildman–Crippen LogP) is 3.78. The number of rotatable bonds is 4. The summed E-state index contributed by atoms with van der Waals surface area (Å²) in [5.74, 6) is -0.527. The van der Waals surface area contributed by atoms with Gasteiger partial charge in [-0.1, -0.05) is 46.9 Å². The number of carbonyl (C=O) groups excluding carboxylic acids is 1. The molecule has 0 bridgehead atoms. The fraction of sp³-hybridized carbons (Fsp3) is 0.0625. The van der Waals surface area contributed by atoms with E-state index >= 15 is 0 Å². The van der Waals surface area contributed by atoms with Crippen molar-refractivity contribution in [3.63, 3.8) is 0 Å². The SMILES string of the molecule is CC(=NNC(=O)c1c(Cl)cc(Cl)cc1Cl)c1ccc(-n2cnnn2)cc1. The Labute approximate surface area is 163 Å². The Bertz CT molecular complexity index is 947. The Kier molecular flexibility index (Phi) is 5.51. The van der Waals surface area contributed by atoms with E-state index in [0.29, 0.717) is 10.7 Å². The van der Waals surface area contributed by atoms with Gasteiger partial charge in [0, 0.05) is 5.02 Å². The van der Waals surface area contributed by atoms with Crippen molar-refractivity contribution in [2.45, 2.75) is 6.92 Å². The first-order chi connectivity index (χ1) is 12.5. The van der Waals surface area contributed by atoms with Gasteiger partial charge >= 0.3 is 0 Å². The van der Waals surface area contributed by atoms with Crippen molar-refractivity contribution in [2.24, 2.45) is 5.10 Å². The van der Waals surface area contributed by atoms with Crippen LogP contribution in [0.3, 0.4) is 0 Å². The smallest absolute Gasteiger partial charge is 0.267 e. The molecular formula is C16H11Cl3N6O. The first-order valence-electron chi connectivity index (χ1n) is 7.28. The van der Waals surface area contributed by atoms with Crippen LogP contribution in [0.5, 0.6) is 0 Å². The molecule has 3 rings (SSSR count). The van der Waals surface area contributed by atoms with E-state index in [4.69, 9.17) is 34.8 Å². The maximum Gasteiger partial charge on any atom is 0.274 e. The Hall–Kier alpha value is -2.48. The maximum absolute atomic E-state index is 12.3. The monoisotopic (exact) mass is 408 g/mol. The quantitative estimate of drug-likeness (QED) is 0.525. The van der Waals surface area contributed by atoms with Crippen LogP contribution >= 0.6 is 34.8 Å². The Morgan fingerprint density at radius 2 is 1.77 bits per heavy atom. The van der Waals surface area contributed by atoms with Gasteiger partial charge in [0.25, 0.3) is 5.91 Å². The van der Waals surface area contributed by atoms with Crippen molar-refractivity contribution in [2.75, 3.05) is 0 Å². The second-order valence-electron chi connectivity index (χ2n) is 5.18. The minimum absolute atomic E-state index is 0.114. The fourth-order valence-corrected chi connectivity index (χ4v) is 3.14. The van der Waals surface area contributed by atoms with E-state index in [2.05, 4.69) is 26.1 Å². The molecular weight excluding hydrogens is 399 g/mol. The summed E-state index contributed by atoms with van der Waals surface area (Å²) >= 11 is 17.9. The van der Waals surface area contributed by atoms with Gasteiger partial charge in [-0.3, -0.25) is 4.79 Å². The summed E-state index contributed by atoms with van der Waals surface area (Å²) in [7, 11) is 0. The average Bonchev–Trinajstić information content (AvgIpc) is 3.13. The highest BCUT2D eigenvalue weighted by Crippen LogP contribution is 2.28. The van der Waals surface area contributed by atoms with Crippen molar-refractivity contribution >= 4 is 46.4 Å². The van der Waals surface area contributed by atoms with Gasteiger partial charge < -0.3 is 0 Å². The molecule has 0 spiro atoms. The first-order valence-corrected chi connectivity index (χ1v) is 8.42. The number of amides is 1. The van der Waals surface area contributed by atoms with E-state index in [0.717, 1.165) is 11.3 Å². The Morgan fingerprint density at radius 3 is 2.35 bits per heavy atom. The highest BCUT2D eigenvalue weighted by atomic mass is 35.5. The van der Waals surface area contributed by atoms with Crippen LogP contribution in [0, 0.1) is 0 Å². The van der Waals surface area contributed by atoms with E-state index in [1.807, 2.05) is 24.3 Å². The number of hydrogen-bond acceptors (Lipinski definition) is 5. The third kappa shape index (κ3) is 4.01. The molecule has 10 heteroatoms. The summed E-state index contributed by atoms with van der Waals surface area (Å²) in [6.45, 7) is 1.76. The van der Waals surface area contributed by atoms with Crippen LogP contribution in [0.2, 0.25) is 15.1 Å². The molecule has 0 saturated heterocycles. The van der Waals surface area contributed by atoms with Gasteiger partial charge in [-0.15, -0.1) is 5.10 Å². The molecule has 0 atom stereocenters. The van der Waals surface area contributed by atoms with Crippen LogP contribution in [0.25, 0.3) is 5.69 Å². The van der Waals surface area contributed by atoms with Gasteiger partial charge in [0.2, 0.25) is 0 Å². The van der Waals surface area contributed by atoms with Crippen molar-refractivity contribution in [3.8, 4) is 5.69 Å². The molecule has 1 amide bonds. The Balaban J connectivity index is 1.75. The van der Waals surface area contributed by atoms with Crippen LogP contribution in [-0.2, 0) is 0 Å². The highest BCUT2D eigenvalue weighted by molar-refractivity contribution is 6.42. The molecule has 0 aliphatic heterocycles. The number of carbonyl (C=O) groups is 1. The number of benzene rings is 2. The molecule has 132 valence electrons. The molecule has 1 aromatic heterocycles. The van der Waals surface area contributed by atoms with Crippen LogP contribution < -0.4 is 5.43 Å². The lowest BCUT2D eigenvalue weighted by molar-refractivity contribution is 0.0955. The fourth-order valence-electron chi connectivity index (χ4n) is 2.15. The molecule has 0 saturated carbocycles. The molecule has 7 nitrogen and oxygen atoms in total. The van der Waals surface area contributed by atoms with E-state index in [1.54, 1.807) is 6.92 Å². The number of hydrazone groups is 1. The molecule has 0 aliphatic carbocycles. The predicted molar refractivity (Wildman–Crippen MR) is 100 cm³/mol. The molecule has 2 aromatic carbocycles.